The summed E-state index contributed by atoms with van der Waals surface area (Å²) in [4.78, 5) is 40.9. The summed E-state index contributed by atoms with van der Waals surface area (Å²) >= 11 is 11.1. The van der Waals surface area contributed by atoms with E-state index in [-0.39, 0.29) is 29.3 Å². The van der Waals surface area contributed by atoms with E-state index >= 15 is 0 Å². The molecular weight excluding hydrogens is 462 g/mol. The van der Waals surface area contributed by atoms with E-state index in [9.17, 15) is 14.4 Å². The monoisotopic (exact) mass is 483 g/mol. The summed E-state index contributed by atoms with van der Waals surface area (Å²) in [5.74, 6) is -1.01. The van der Waals surface area contributed by atoms with Crippen molar-refractivity contribution in [2.24, 2.45) is 5.92 Å². The van der Waals surface area contributed by atoms with Crippen molar-refractivity contribution in [3.05, 3.63) is 76.8 Å². The standard InChI is InChI=1S/C24H22ClN3O4S/c25-18-6-8-19(9-7-18)28-22(30)20(21(29)26-23(28)33)14-16-10-12-27(13-11-16)24(31)32-15-17-4-2-1-3-5-17/h1-9,14,16H,10-13,15H2,(H,26,29,33)/b20-14-. The maximum atomic E-state index is 13.1. The number of anilines is 1. The average Bonchev–Trinajstić information content (AvgIpc) is 2.82. The third-order valence-electron chi connectivity index (χ3n) is 5.59. The Morgan fingerprint density at radius 1 is 1.09 bits per heavy atom. The van der Waals surface area contributed by atoms with Gasteiger partial charge in [-0.15, -0.1) is 0 Å². The smallest absolute Gasteiger partial charge is 0.410 e. The molecule has 9 heteroatoms. The lowest BCUT2D eigenvalue weighted by Crippen LogP contribution is -2.54. The number of nitrogens with one attached hydrogen (secondary N) is 1. The number of benzene rings is 2. The van der Waals surface area contributed by atoms with Crippen LogP contribution < -0.4 is 10.2 Å². The van der Waals surface area contributed by atoms with Gasteiger partial charge in [0.25, 0.3) is 11.8 Å². The highest BCUT2D eigenvalue weighted by molar-refractivity contribution is 7.80. The molecule has 0 spiro atoms. The number of hydrogen-bond acceptors (Lipinski definition) is 5. The summed E-state index contributed by atoms with van der Waals surface area (Å²) in [6.07, 6.45) is 2.57. The Balaban J connectivity index is 1.38. The third-order valence-corrected chi connectivity index (χ3v) is 6.13. The second kappa shape index (κ2) is 10.1. The number of carbonyl (C=O) groups is 3. The molecule has 0 unspecified atom stereocenters. The first-order chi connectivity index (χ1) is 15.9. The van der Waals surface area contributed by atoms with E-state index in [1.165, 1.54) is 4.90 Å². The van der Waals surface area contributed by atoms with Gasteiger partial charge < -0.3 is 9.64 Å². The Bertz CT molecular complexity index is 1100. The van der Waals surface area contributed by atoms with Gasteiger partial charge in [-0.3, -0.25) is 19.8 Å². The van der Waals surface area contributed by atoms with Gasteiger partial charge in [-0.2, -0.15) is 0 Å². The van der Waals surface area contributed by atoms with Crippen LogP contribution in [0.5, 0.6) is 0 Å². The van der Waals surface area contributed by atoms with Crippen molar-refractivity contribution in [2.75, 3.05) is 18.0 Å². The largest absolute Gasteiger partial charge is 0.445 e. The highest BCUT2D eigenvalue weighted by Crippen LogP contribution is 2.26. The zero-order valence-electron chi connectivity index (χ0n) is 17.7. The van der Waals surface area contributed by atoms with E-state index in [0.717, 1.165) is 5.56 Å². The minimum Gasteiger partial charge on any atom is -0.445 e. The third kappa shape index (κ3) is 5.40. The second-order valence-corrected chi connectivity index (χ2v) is 8.64. The maximum absolute atomic E-state index is 13.1. The molecule has 170 valence electrons. The molecule has 0 bridgehead atoms. The van der Waals surface area contributed by atoms with E-state index in [2.05, 4.69) is 5.32 Å². The van der Waals surface area contributed by atoms with Crippen molar-refractivity contribution in [2.45, 2.75) is 19.4 Å². The summed E-state index contributed by atoms with van der Waals surface area (Å²) in [5, 5.41) is 3.14. The van der Waals surface area contributed by atoms with Crippen LogP contribution in [0.2, 0.25) is 5.02 Å². The number of halogens is 1. The highest BCUT2D eigenvalue weighted by Gasteiger charge is 2.35. The molecule has 1 N–H and O–H groups in total. The first-order valence-electron chi connectivity index (χ1n) is 10.5. The lowest BCUT2D eigenvalue weighted by molar-refractivity contribution is -0.122. The molecular formula is C24H22ClN3O4S. The van der Waals surface area contributed by atoms with Crippen LogP contribution in [0.1, 0.15) is 18.4 Å². The molecule has 2 aliphatic rings. The average molecular weight is 484 g/mol. The van der Waals surface area contributed by atoms with Gasteiger partial charge in [-0.1, -0.05) is 48.0 Å². The SMILES string of the molecule is O=C1NC(=S)N(c2ccc(Cl)cc2)C(=O)/C1=C\C1CCN(C(=O)OCc2ccccc2)CC1. The molecule has 2 saturated heterocycles. The van der Waals surface area contributed by atoms with Gasteiger partial charge in [-0.25, -0.2) is 4.79 Å². The number of thiocarbonyl (C=S) groups is 1. The van der Waals surface area contributed by atoms with Crippen molar-refractivity contribution < 1.29 is 19.1 Å². The van der Waals surface area contributed by atoms with Crippen molar-refractivity contribution in [3.63, 3.8) is 0 Å². The molecule has 2 heterocycles. The van der Waals surface area contributed by atoms with Crippen LogP contribution in [0.15, 0.2) is 66.2 Å². The first kappa shape index (κ1) is 22.9. The molecule has 3 amide bonds. The maximum Gasteiger partial charge on any atom is 0.410 e. The molecule has 0 aliphatic carbocycles. The minimum atomic E-state index is -0.514. The van der Waals surface area contributed by atoms with Gasteiger partial charge >= 0.3 is 6.09 Å². The second-order valence-electron chi connectivity index (χ2n) is 7.82. The lowest BCUT2D eigenvalue weighted by Gasteiger charge is -2.32. The summed E-state index contributed by atoms with van der Waals surface area (Å²) in [6, 6.07) is 16.1. The van der Waals surface area contributed by atoms with Gasteiger partial charge in [0.2, 0.25) is 0 Å². The predicted octanol–water partition coefficient (Wildman–Crippen LogP) is 4.06. The Morgan fingerprint density at radius 2 is 1.76 bits per heavy atom. The first-order valence-corrected chi connectivity index (χ1v) is 11.3. The molecule has 0 aromatic heterocycles. The number of allylic oxidation sites excluding steroid dienone is 1. The predicted molar refractivity (Wildman–Crippen MR) is 129 cm³/mol. The summed E-state index contributed by atoms with van der Waals surface area (Å²) in [6.45, 7) is 1.19. The van der Waals surface area contributed by atoms with Crippen molar-refractivity contribution in [3.8, 4) is 0 Å². The van der Waals surface area contributed by atoms with E-state index in [1.807, 2.05) is 30.3 Å². The highest BCUT2D eigenvalue weighted by atomic mass is 35.5. The molecule has 2 aromatic carbocycles. The molecule has 4 rings (SSSR count). The number of likely N-dealkylation sites (tertiary alicyclic amines) is 1. The van der Waals surface area contributed by atoms with Crippen molar-refractivity contribution in [1.82, 2.24) is 10.2 Å². The Kier molecular flexibility index (Phi) is 7.05. The van der Waals surface area contributed by atoms with Crippen molar-refractivity contribution >= 4 is 52.5 Å². The molecule has 2 fully saturated rings. The van der Waals surface area contributed by atoms with Crippen LogP contribution in [0.4, 0.5) is 10.5 Å². The van der Waals surface area contributed by atoms with Crippen LogP contribution in [0.25, 0.3) is 0 Å². The van der Waals surface area contributed by atoms with Crippen LogP contribution in [-0.4, -0.2) is 41.0 Å². The van der Waals surface area contributed by atoms with Crippen LogP contribution >= 0.6 is 23.8 Å². The molecule has 0 radical (unpaired) electrons. The Hall–Kier alpha value is -3.23. The van der Waals surface area contributed by atoms with Gasteiger partial charge in [0, 0.05) is 18.1 Å². The summed E-state index contributed by atoms with van der Waals surface area (Å²) in [7, 11) is 0. The molecule has 7 nitrogen and oxygen atoms in total. The topological polar surface area (TPSA) is 79.0 Å². The number of carbonyl (C=O) groups excluding carboxylic acids is 3. The molecule has 2 aromatic rings. The quantitative estimate of drug-likeness (QED) is 0.403. The van der Waals surface area contributed by atoms with Crippen LogP contribution in [0, 0.1) is 5.92 Å². The fourth-order valence-electron chi connectivity index (χ4n) is 3.80. The van der Waals surface area contributed by atoms with E-state index in [4.69, 9.17) is 28.6 Å². The van der Waals surface area contributed by atoms with E-state index in [0.29, 0.717) is 36.6 Å². The number of hydrogen-bond donors (Lipinski definition) is 1. The lowest BCUT2D eigenvalue weighted by atomic mass is 9.93. The number of nitrogens with zero attached hydrogens (tertiary/aromatic N) is 2. The molecule has 0 atom stereocenters. The molecule has 0 saturated carbocycles. The summed E-state index contributed by atoms with van der Waals surface area (Å²) in [5.41, 5.74) is 1.50. The molecule has 33 heavy (non-hydrogen) atoms. The zero-order valence-corrected chi connectivity index (χ0v) is 19.3. The Morgan fingerprint density at radius 3 is 2.42 bits per heavy atom. The van der Waals surface area contributed by atoms with Gasteiger partial charge in [-0.05, 0) is 60.8 Å². The minimum absolute atomic E-state index is 0.0217. The Labute approximate surface area is 201 Å². The number of ether oxygens (including phenoxy) is 1. The van der Waals surface area contributed by atoms with Crippen LogP contribution in [-0.2, 0) is 20.9 Å². The number of piperidine rings is 1. The van der Waals surface area contributed by atoms with Gasteiger partial charge in [0.15, 0.2) is 5.11 Å². The fourth-order valence-corrected chi connectivity index (χ4v) is 4.20. The zero-order chi connectivity index (χ0) is 23.4. The van der Waals surface area contributed by atoms with Gasteiger partial charge in [0.05, 0.1) is 5.69 Å². The van der Waals surface area contributed by atoms with E-state index < -0.39 is 11.8 Å². The summed E-state index contributed by atoms with van der Waals surface area (Å²) < 4.78 is 5.39. The number of amides is 3. The fraction of sp³-hybridized carbons (Fsp3) is 0.250. The van der Waals surface area contributed by atoms with E-state index in [1.54, 1.807) is 35.2 Å². The number of rotatable bonds is 4. The van der Waals surface area contributed by atoms with Crippen molar-refractivity contribution in [1.29, 1.82) is 0 Å². The van der Waals surface area contributed by atoms with Crippen LogP contribution in [0.3, 0.4) is 0 Å². The normalized spacial score (nSPS) is 18.5. The van der Waals surface area contributed by atoms with Gasteiger partial charge in [0.1, 0.15) is 12.2 Å². The molecule has 2 aliphatic heterocycles.